The molecule has 2 aromatic carbocycles. The third-order valence-corrected chi connectivity index (χ3v) is 10.1. The third kappa shape index (κ3) is 6.33. The molecule has 3 aliphatic rings. The summed E-state index contributed by atoms with van der Waals surface area (Å²) in [6, 6.07) is 10.4. The zero-order chi connectivity index (χ0) is 31.5. The van der Waals surface area contributed by atoms with Gasteiger partial charge in [-0.2, -0.15) is 8.42 Å². The van der Waals surface area contributed by atoms with E-state index in [9.17, 15) is 27.9 Å². The summed E-state index contributed by atoms with van der Waals surface area (Å²) in [6.07, 6.45) is 1.26. The number of nitrogens with zero attached hydrogens (tertiary/aromatic N) is 1. The Bertz CT molecular complexity index is 1650. The van der Waals surface area contributed by atoms with Crippen LogP contribution in [0.25, 0.3) is 0 Å². The summed E-state index contributed by atoms with van der Waals surface area (Å²) in [5.74, 6) is -2.19. The Morgan fingerprint density at radius 3 is 2.00 bits per heavy atom. The van der Waals surface area contributed by atoms with Crippen LogP contribution in [0.15, 0.2) is 74.4 Å². The summed E-state index contributed by atoms with van der Waals surface area (Å²) in [6.45, 7) is 8.08. The summed E-state index contributed by atoms with van der Waals surface area (Å²) in [5, 5.41) is 9.95. The van der Waals surface area contributed by atoms with Gasteiger partial charge in [0.05, 0.1) is 6.42 Å². The number of hydrogen-bond acceptors (Lipinski definition) is 7. The fourth-order valence-electron chi connectivity index (χ4n) is 6.42. The maximum absolute atomic E-state index is 14.0. The van der Waals surface area contributed by atoms with Gasteiger partial charge in [0.2, 0.25) is 0 Å². The van der Waals surface area contributed by atoms with Gasteiger partial charge < -0.3 is 14.2 Å². The zero-order valence-electron chi connectivity index (χ0n) is 24.4. The lowest BCUT2D eigenvalue weighted by atomic mass is 9.63. The first kappa shape index (κ1) is 31.5. The highest BCUT2D eigenvalue weighted by Crippen LogP contribution is 2.55. The van der Waals surface area contributed by atoms with Gasteiger partial charge in [0.25, 0.3) is 0 Å². The minimum absolute atomic E-state index is 0.00361. The lowest BCUT2D eigenvalue weighted by Crippen LogP contribution is -2.45. The highest BCUT2D eigenvalue weighted by Gasteiger charge is 2.49. The predicted molar refractivity (Wildman–Crippen MR) is 165 cm³/mol. The van der Waals surface area contributed by atoms with Crippen molar-refractivity contribution in [2.45, 2.75) is 70.6 Å². The van der Waals surface area contributed by atoms with E-state index in [1.165, 1.54) is 30.3 Å². The van der Waals surface area contributed by atoms with Gasteiger partial charge in [-0.25, -0.2) is 0 Å². The Hall–Kier alpha value is -2.95. The van der Waals surface area contributed by atoms with Crippen molar-refractivity contribution in [2.24, 2.45) is 10.8 Å². The van der Waals surface area contributed by atoms with Crippen LogP contribution in [0.2, 0.25) is 5.02 Å². The van der Waals surface area contributed by atoms with Crippen LogP contribution >= 0.6 is 27.5 Å². The molecule has 5 rings (SSSR count). The molecular weight excluding hydrogens is 658 g/mol. The average molecular weight is 691 g/mol. The Morgan fingerprint density at radius 2 is 1.49 bits per heavy atom. The van der Waals surface area contributed by atoms with E-state index in [0.717, 1.165) is 0 Å². The third-order valence-electron chi connectivity index (χ3n) is 8.16. The van der Waals surface area contributed by atoms with E-state index >= 15 is 0 Å². The molecule has 1 N–H and O–H groups in total. The number of Topliss-reactive ketones (excluding diaryl/α,β-unsaturated/α-hetero) is 2. The van der Waals surface area contributed by atoms with E-state index in [-0.39, 0.29) is 48.0 Å². The van der Waals surface area contributed by atoms with Crippen molar-refractivity contribution >= 4 is 55.2 Å². The quantitative estimate of drug-likeness (QED) is 0.308. The molecule has 0 radical (unpaired) electrons. The van der Waals surface area contributed by atoms with E-state index in [2.05, 4.69) is 15.9 Å². The first-order valence-corrected chi connectivity index (χ1v) is 16.6. The molecule has 0 unspecified atom stereocenters. The number of hydrogen-bond donors (Lipinski definition) is 1. The van der Waals surface area contributed by atoms with Crippen molar-refractivity contribution in [3.8, 4) is 5.75 Å². The Morgan fingerprint density at radius 1 is 0.953 bits per heavy atom. The van der Waals surface area contributed by atoms with Gasteiger partial charge >= 0.3 is 16.1 Å². The topological polar surface area (TPSA) is 118 Å². The molecule has 0 aromatic heterocycles. The first-order chi connectivity index (χ1) is 20.0. The van der Waals surface area contributed by atoms with Crippen LogP contribution < -0.4 is 4.18 Å². The normalized spacial score (nSPS) is 20.2. The second-order valence-corrected chi connectivity index (χ2v) is 15.9. The van der Waals surface area contributed by atoms with Crippen LogP contribution in [-0.4, -0.2) is 42.5 Å². The van der Waals surface area contributed by atoms with Gasteiger partial charge in [-0.1, -0.05) is 55.2 Å². The summed E-state index contributed by atoms with van der Waals surface area (Å²) in [4.78, 5) is 41.6. The molecular formula is C32H33BrClNO7S. The smallest absolute Gasteiger partial charge is 0.339 e. The number of carboxylic acids is 1. The molecule has 1 heterocycles. The number of rotatable bonds is 7. The van der Waals surface area contributed by atoms with Crippen LogP contribution in [0.5, 0.6) is 5.75 Å². The molecule has 11 heteroatoms. The Balaban J connectivity index is 1.75. The fourth-order valence-corrected chi connectivity index (χ4v) is 7.88. The lowest BCUT2D eigenvalue weighted by molar-refractivity contribution is -0.137. The van der Waals surface area contributed by atoms with Gasteiger partial charge in [0, 0.05) is 62.9 Å². The van der Waals surface area contributed by atoms with Crippen molar-refractivity contribution in [1.29, 1.82) is 0 Å². The van der Waals surface area contributed by atoms with Crippen LogP contribution in [0.4, 0.5) is 0 Å². The van der Waals surface area contributed by atoms with Gasteiger partial charge in [-0.05, 0) is 66.1 Å². The fraction of sp³-hybridized carbons (Fsp3) is 0.406. The maximum atomic E-state index is 14.0. The highest BCUT2D eigenvalue weighted by molar-refractivity contribution is 9.10. The molecule has 0 saturated carbocycles. The van der Waals surface area contributed by atoms with Crippen LogP contribution in [0, 0.1) is 10.8 Å². The number of benzene rings is 2. The molecule has 1 aliphatic heterocycles. The summed E-state index contributed by atoms with van der Waals surface area (Å²) >= 11 is 9.46. The van der Waals surface area contributed by atoms with Crippen molar-refractivity contribution in [3.63, 3.8) is 0 Å². The number of carbonyl (C=O) groups is 3. The van der Waals surface area contributed by atoms with Crippen LogP contribution in [-0.2, 0) is 24.5 Å². The van der Waals surface area contributed by atoms with Gasteiger partial charge in [0.1, 0.15) is 10.6 Å². The van der Waals surface area contributed by atoms with E-state index < -0.39 is 32.8 Å². The molecule has 0 amide bonds. The van der Waals surface area contributed by atoms with E-state index in [1.807, 2.05) is 32.6 Å². The highest BCUT2D eigenvalue weighted by atomic mass is 79.9. The second-order valence-electron chi connectivity index (χ2n) is 13.0. The molecule has 0 saturated heterocycles. The minimum atomic E-state index is -4.31. The second kappa shape index (κ2) is 11.2. The first-order valence-electron chi connectivity index (χ1n) is 14.0. The van der Waals surface area contributed by atoms with Crippen molar-refractivity contribution < 1.29 is 32.1 Å². The van der Waals surface area contributed by atoms with E-state index in [4.69, 9.17) is 15.8 Å². The zero-order valence-corrected chi connectivity index (χ0v) is 27.5. The SMILES string of the molecule is CC1(C)CC(=O)C2=C(C1)N(CCC(=O)O)C1=C(C(=O)CC(C)(C)C1)C2c1cc(Br)ccc1OS(=O)(=O)c1ccc(Cl)cc1. The summed E-state index contributed by atoms with van der Waals surface area (Å²) in [7, 11) is -4.31. The Kier molecular flexibility index (Phi) is 8.20. The predicted octanol–water partition coefficient (Wildman–Crippen LogP) is 7.03. The van der Waals surface area contributed by atoms with Crippen LogP contribution in [0.1, 0.15) is 71.3 Å². The van der Waals surface area contributed by atoms with E-state index in [0.29, 0.717) is 50.4 Å². The standard InChI is InChI=1S/C32H33BrClNO7S/c1-31(2)14-22-29(24(36)16-31)28(30-23(35(22)12-11-27(38)39)15-32(3,4)17-25(30)37)21-13-18(33)5-10-26(21)42-43(40,41)20-8-6-19(34)7-9-20/h5-10,13,28H,11-12,14-17H2,1-4H3,(H,38,39). The molecule has 2 aromatic rings. The van der Waals surface area contributed by atoms with Crippen molar-refractivity contribution in [3.05, 3.63) is 80.1 Å². The minimum Gasteiger partial charge on any atom is -0.481 e. The summed E-state index contributed by atoms with van der Waals surface area (Å²) < 4.78 is 33.1. The Labute approximate surface area is 265 Å². The van der Waals surface area contributed by atoms with Gasteiger partial charge in [-0.3, -0.25) is 14.4 Å². The molecule has 0 spiro atoms. The number of allylic oxidation sites excluding steroid dienone is 4. The number of carbonyl (C=O) groups excluding carboxylic acids is 2. The molecule has 43 heavy (non-hydrogen) atoms. The lowest BCUT2D eigenvalue weighted by Gasteiger charge is -2.49. The number of aliphatic carboxylic acids is 1. The largest absolute Gasteiger partial charge is 0.481 e. The van der Waals surface area contributed by atoms with E-state index in [1.54, 1.807) is 12.1 Å². The van der Waals surface area contributed by atoms with Crippen LogP contribution in [0.3, 0.4) is 0 Å². The number of halogens is 2. The molecule has 228 valence electrons. The maximum Gasteiger partial charge on any atom is 0.339 e. The molecule has 0 fully saturated rings. The van der Waals surface area contributed by atoms with Crippen molar-refractivity contribution in [2.75, 3.05) is 6.54 Å². The number of carboxylic acid groups (broad SMARTS) is 1. The molecule has 2 aliphatic carbocycles. The van der Waals surface area contributed by atoms with Gasteiger partial charge in [0.15, 0.2) is 11.6 Å². The molecule has 0 atom stereocenters. The average Bonchev–Trinajstić information content (AvgIpc) is 2.87. The van der Waals surface area contributed by atoms with Gasteiger partial charge in [-0.15, -0.1) is 0 Å². The number of ketones is 2. The molecule has 8 nitrogen and oxygen atoms in total. The monoisotopic (exact) mass is 689 g/mol. The summed E-state index contributed by atoms with van der Waals surface area (Å²) in [5.41, 5.74) is 1.72. The van der Waals surface area contributed by atoms with Crippen molar-refractivity contribution in [1.82, 2.24) is 4.90 Å². The molecule has 0 bridgehead atoms.